The largest absolute Gasteiger partial charge is 0.399 e. The molecule has 2 rings (SSSR count). The normalized spacial score (nSPS) is 10.4. The van der Waals surface area contributed by atoms with Gasteiger partial charge >= 0.3 is 0 Å². The van der Waals surface area contributed by atoms with E-state index >= 15 is 0 Å². The first-order chi connectivity index (χ1) is 7.58. The van der Waals surface area contributed by atoms with Gasteiger partial charge in [0.25, 0.3) is 0 Å². The van der Waals surface area contributed by atoms with Crippen molar-refractivity contribution in [1.82, 2.24) is 0 Å². The minimum Gasteiger partial charge on any atom is -0.399 e. The van der Waals surface area contributed by atoms with Gasteiger partial charge in [0.05, 0.1) is 5.02 Å². The summed E-state index contributed by atoms with van der Waals surface area (Å²) in [7, 11) is 0. The summed E-state index contributed by atoms with van der Waals surface area (Å²) in [4.78, 5) is 0. The van der Waals surface area contributed by atoms with Gasteiger partial charge in [-0.05, 0) is 24.3 Å². The van der Waals surface area contributed by atoms with Gasteiger partial charge in [0.1, 0.15) is 0 Å². The molecule has 0 aliphatic heterocycles. The Hall–Kier alpha value is -0.890. The highest BCUT2D eigenvalue weighted by atomic mass is 35.5. The molecular weight excluding hydrogens is 264 g/mol. The lowest BCUT2D eigenvalue weighted by Crippen LogP contribution is -1.86. The molecule has 0 amide bonds. The fourth-order valence-electron chi connectivity index (χ4n) is 1.46. The Morgan fingerprint density at radius 2 is 1.31 bits per heavy atom. The third kappa shape index (κ3) is 2.27. The number of nitrogen functional groups attached to an aromatic ring is 1. The highest BCUT2D eigenvalue weighted by Gasteiger charge is 2.08. The van der Waals surface area contributed by atoms with E-state index in [-0.39, 0.29) is 0 Å². The van der Waals surface area contributed by atoms with Crippen molar-refractivity contribution in [3.63, 3.8) is 0 Å². The molecule has 0 heterocycles. The number of anilines is 1. The Balaban J connectivity index is 2.59. The smallest absolute Gasteiger partial charge is 0.0505 e. The van der Waals surface area contributed by atoms with E-state index in [0.29, 0.717) is 20.8 Å². The second kappa shape index (κ2) is 4.54. The lowest BCUT2D eigenvalue weighted by molar-refractivity contribution is 1.61. The summed E-state index contributed by atoms with van der Waals surface area (Å²) in [6.07, 6.45) is 0. The predicted molar refractivity (Wildman–Crippen MR) is 71.3 cm³/mol. The molecule has 2 aromatic carbocycles. The van der Waals surface area contributed by atoms with E-state index in [4.69, 9.17) is 40.5 Å². The van der Waals surface area contributed by atoms with Crippen molar-refractivity contribution in [3.8, 4) is 11.1 Å². The first-order valence-corrected chi connectivity index (χ1v) is 5.72. The van der Waals surface area contributed by atoms with Gasteiger partial charge in [-0.1, -0.05) is 46.9 Å². The Kier molecular flexibility index (Phi) is 3.29. The summed E-state index contributed by atoms with van der Waals surface area (Å²) in [5.74, 6) is 0. The van der Waals surface area contributed by atoms with Crippen molar-refractivity contribution in [2.45, 2.75) is 0 Å². The third-order valence-corrected chi connectivity index (χ3v) is 3.07. The number of nitrogens with two attached hydrogens (primary N) is 1. The summed E-state index contributed by atoms with van der Waals surface area (Å²) in [5, 5.41) is 1.74. The Morgan fingerprint density at radius 1 is 0.750 bits per heavy atom. The predicted octanol–water partition coefficient (Wildman–Crippen LogP) is 4.90. The fourth-order valence-corrected chi connectivity index (χ4v) is 2.26. The second-order valence-corrected chi connectivity index (χ2v) is 4.61. The van der Waals surface area contributed by atoms with Crippen LogP contribution in [-0.2, 0) is 0 Å². The maximum absolute atomic E-state index is 6.10. The van der Waals surface area contributed by atoms with Crippen LogP contribution in [0.1, 0.15) is 0 Å². The van der Waals surface area contributed by atoms with Gasteiger partial charge in [0.15, 0.2) is 0 Å². The zero-order valence-corrected chi connectivity index (χ0v) is 10.4. The van der Waals surface area contributed by atoms with Gasteiger partial charge in [-0.3, -0.25) is 0 Å². The number of hydrogen-bond donors (Lipinski definition) is 1. The topological polar surface area (TPSA) is 26.0 Å². The van der Waals surface area contributed by atoms with Crippen LogP contribution in [0.2, 0.25) is 15.1 Å². The maximum Gasteiger partial charge on any atom is 0.0505 e. The molecule has 82 valence electrons. The minimum absolute atomic E-state index is 0.569. The minimum atomic E-state index is 0.569. The van der Waals surface area contributed by atoms with Crippen molar-refractivity contribution in [2.75, 3.05) is 5.73 Å². The lowest BCUT2D eigenvalue weighted by Gasteiger charge is -2.07. The molecule has 0 aliphatic carbocycles. The van der Waals surface area contributed by atoms with E-state index < -0.39 is 0 Å². The molecule has 0 aliphatic rings. The highest BCUT2D eigenvalue weighted by Crippen LogP contribution is 2.35. The van der Waals surface area contributed by atoms with Gasteiger partial charge in [0, 0.05) is 26.9 Å². The van der Waals surface area contributed by atoms with E-state index in [0.717, 1.165) is 11.1 Å². The van der Waals surface area contributed by atoms with Gasteiger partial charge in [0.2, 0.25) is 0 Å². The van der Waals surface area contributed by atoms with Crippen LogP contribution in [0.25, 0.3) is 11.1 Å². The Morgan fingerprint density at radius 3 is 1.88 bits per heavy atom. The summed E-state index contributed by atoms with van der Waals surface area (Å²) in [6.45, 7) is 0. The van der Waals surface area contributed by atoms with E-state index in [1.165, 1.54) is 0 Å². The van der Waals surface area contributed by atoms with Crippen LogP contribution in [0.5, 0.6) is 0 Å². The van der Waals surface area contributed by atoms with Gasteiger partial charge in [-0.15, -0.1) is 0 Å². The zero-order valence-electron chi connectivity index (χ0n) is 8.18. The zero-order chi connectivity index (χ0) is 11.7. The van der Waals surface area contributed by atoms with Gasteiger partial charge in [-0.2, -0.15) is 0 Å². The summed E-state index contributed by atoms with van der Waals surface area (Å²) in [6, 6.07) is 10.6. The quantitative estimate of drug-likeness (QED) is 0.734. The molecule has 2 aromatic rings. The SMILES string of the molecule is Nc1ccc(-c2ccc(Cl)cc2Cl)c(Cl)c1. The number of rotatable bonds is 1. The molecule has 16 heavy (non-hydrogen) atoms. The molecule has 0 spiro atoms. The molecule has 0 atom stereocenters. The number of hydrogen-bond acceptors (Lipinski definition) is 1. The molecule has 0 fully saturated rings. The van der Waals surface area contributed by atoms with Crippen LogP contribution in [0.15, 0.2) is 36.4 Å². The lowest BCUT2D eigenvalue weighted by atomic mass is 10.1. The van der Waals surface area contributed by atoms with Gasteiger partial charge < -0.3 is 5.73 Å². The second-order valence-electron chi connectivity index (χ2n) is 3.36. The monoisotopic (exact) mass is 271 g/mol. The van der Waals surface area contributed by atoms with Gasteiger partial charge in [-0.25, -0.2) is 0 Å². The first kappa shape index (κ1) is 11.6. The summed E-state index contributed by atoms with van der Waals surface area (Å²) in [5.41, 5.74) is 7.94. The van der Waals surface area contributed by atoms with Crippen molar-refractivity contribution in [2.24, 2.45) is 0 Å². The molecule has 2 N–H and O–H groups in total. The molecule has 0 saturated carbocycles. The third-order valence-electron chi connectivity index (χ3n) is 2.21. The molecule has 0 bridgehead atoms. The standard InChI is InChI=1S/C12H8Cl3N/c13-7-1-3-9(11(14)5-7)10-4-2-8(16)6-12(10)15/h1-6H,16H2. The molecule has 0 radical (unpaired) electrons. The fraction of sp³-hybridized carbons (Fsp3) is 0. The summed E-state index contributed by atoms with van der Waals surface area (Å²) < 4.78 is 0. The van der Waals surface area contributed by atoms with Crippen molar-refractivity contribution >= 4 is 40.5 Å². The van der Waals surface area contributed by atoms with Crippen LogP contribution in [0.3, 0.4) is 0 Å². The molecule has 4 heteroatoms. The Labute approximate surface area is 109 Å². The number of benzene rings is 2. The number of halogens is 3. The average molecular weight is 273 g/mol. The van der Waals surface area contributed by atoms with Crippen LogP contribution >= 0.6 is 34.8 Å². The highest BCUT2D eigenvalue weighted by molar-refractivity contribution is 6.38. The van der Waals surface area contributed by atoms with Crippen LogP contribution in [-0.4, -0.2) is 0 Å². The van der Waals surface area contributed by atoms with Crippen molar-refractivity contribution < 1.29 is 0 Å². The maximum atomic E-state index is 6.10. The van der Waals surface area contributed by atoms with E-state index in [1.807, 2.05) is 12.1 Å². The van der Waals surface area contributed by atoms with Crippen LogP contribution in [0, 0.1) is 0 Å². The van der Waals surface area contributed by atoms with Crippen molar-refractivity contribution in [3.05, 3.63) is 51.5 Å². The van der Waals surface area contributed by atoms with E-state index in [2.05, 4.69) is 0 Å². The van der Waals surface area contributed by atoms with E-state index in [9.17, 15) is 0 Å². The summed E-state index contributed by atoms with van der Waals surface area (Å²) >= 11 is 18.0. The molecular formula is C12H8Cl3N. The Bertz CT molecular complexity index is 488. The first-order valence-electron chi connectivity index (χ1n) is 4.58. The molecule has 0 saturated heterocycles. The average Bonchev–Trinajstić information content (AvgIpc) is 2.19. The van der Waals surface area contributed by atoms with Crippen LogP contribution < -0.4 is 5.73 Å². The molecule has 0 aromatic heterocycles. The van der Waals surface area contributed by atoms with Crippen molar-refractivity contribution in [1.29, 1.82) is 0 Å². The van der Waals surface area contributed by atoms with Crippen LogP contribution in [0.4, 0.5) is 5.69 Å². The molecule has 0 unspecified atom stereocenters. The van der Waals surface area contributed by atoms with E-state index in [1.54, 1.807) is 24.3 Å². The molecule has 1 nitrogen and oxygen atoms in total.